The standard InChI is InChI=1S/C22H25FN2O4/c1-28-17-9-6-15(7-10-17)22(12-4-3-5-13-22)20(26)24-16-8-11-18(23)19(14-16)25-21(27)29-2/h6-11,14H,3-5,12-13H2,1-2H3,(H,24,26)(H,25,27). The molecule has 0 radical (unpaired) electrons. The van der Waals surface area contributed by atoms with Crippen molar-refractivity contribution in [2.24, 2.45) is 0 Å². The molecule has 2 amide bonds. The van der Waals surface area contributed by atoms with Crippen LogP contribution in [0.25, 0.3) is 0 Å². The zero-order valence-corrected chi connectivity index (χ0v) is 16.6. The number of hydrogen-bond acceptors (Lipinski definition) is 4. The summed E-state index contributed by atoms with van der Waals surface area (Å²) in [4.78, 5) is 24.8. The first-order valence-corrected chi connectivity index (χ1v) is 9.59. The van der Waals surface area contributed by atoms with Crippen LogP contribution in [0.2, 0.25) is 0 Å². The number of nitrogens with one attached hydrogen (secondary N) is 2. The summed E-state index contributed by atoms with van der Waals surface area (Å²) in [6, 6.07) is 11.6. The summed E-state index contributed by atoms with van der Waals surface area (Å²) in [6.45, 7) is 0. The van der Waals surface area contributed by atoms with E-state index in [1.54, 1.807) is 7.11 Å². The smallest absolute Gasteiger partial charge is 0.411 e. The molecular weight excluding hydrogens is 375 g/mol. The van der Waals surface area contributed by atoms with Crippen molar-refractivity contribution in [2.75, 3.05) is 24.9 Å². The zero-order valence-electron chi connectivity index (χ0n) is 16.6. The Morgan fingerprint density at radius 2 is 1.66 bits per heavy atom. The minimum absolute atomic E-state index is 0.0585. The molecular formula is C22H25FN2O4. The number of benzene rings is 2. The van der Waals surface area contributed by atoms with Crippen molar-refractivity contribution in [1.82, 2.24) is 0 Å². The minimum Gasteiger partial charge on any atom is -0.497 e. The van der Waals surface area contributed by atoms with Crippen molar-refractivity contribution in [3.63, 3.8) is 0 Å². The predicted octanol–water partition coefficient (Wildman–Crippen LogP) is 4.85. The Morgan fingerprint density at radius 1 is 0.966 bits per heavy atom. The minimum atomic E-state index is -0.783. The van der Waals surface area contributed by atoms with Gasteiger partial charge in [0.25, 0.3) is 0 Å². The van der Waals surface area contributed by atoms with E-state index in [0.717, 1.165) is 43.4 Å². The highest BCUT2D eigenvalue weighted by atomic mass is 19.1. The highest BCUT2D eigenvalue weighted by molar-refractivity contribution is 6.00. The van der Waals surface area contributed by atoms with E-state index in [9.17, 15) is 14.0 Å². The van der Waals surface area contributed by atoms with Crippen molar-refractivity contribution >= 4 is 23.4 Å². The quantitative estimate of drug-likeness (QED) is 0.752. The fourth-order valence-corrected chi connectivity index (χ4v) is 3.82. The van der Waals surface area contributed by atoms with E-state index in [1.807, 2.05) is 24.3 Å². The van der Waals surface area contributed by atoms with Gasteiger partial charge in [0.1, 0.15) is 11.6 Å². The van der Waals surface area contributed by atoms with Crippen LogP contribution in [0.15, 0.2) is 42.5 Å². The molecule has 0 heterocycles. The van der Waals surface area contributed by atoms with E-state index < -0.39 is 17.3 Å². The monoisotopic (exact) mass is 400 g/mol. The third-order valence-electron chi connectivity index (χ3n) is 5.43. The predicted molar refractivity (Wildman–Crippen MR) is 109 cm³/mol. The number of ether oxygens (including phenoxy) is 2. The van der Waals surface area contributed by atoms with Gasteiger partial charge in [-0.3, -0.25) is 10.1 Å². The molecule has 0 atom stereocenters. The van der Waals surface area contributed by atoms with Gasteiger partial charge in [0.2, 0.25) is 5.91 Å². The summed E-state index contributed by atoms with van der Waals surface area (Å²) in [6.07, 6.45) is 3.69. The molecule has 1 aliphatic rings. The lowest BCUT2D eigenvalue weighted by atomic mass is 9.68. The fraction of sp³-hybridized carbons (Fsp3) is 0.364. The van der Waals surface area contributed by atoms with Crippen molar-refractivity contribution in [3.05, 3.63) is 53.8 Å². The van der Waals surface area contributed by atoms with Gasteiger partial charge < -0.3 is 14.8 Å². The van der Waals surface area contributed by atoms with Gasteiger partial charge in [-0.05, 0) is 48.7 Å². The lowest BCUT2D eigenvalue weighted by Crippen LogP contribution is -2.42. The number of hydrogen-bond donors (Lipinski definition) is 2. The molecule has 3 rings (SSSR count). The maximum Gasteiger partial charge on any atom is 0.411 e. The lowest BCUT2D eigenvalue weighted by Gasteiger charge is -2.36. The van der Waals surface area contributed by atoms with Crippen LogP contribution in [-0.4, -0.2) is 26.2 Å². The van der Waals surface area contributed by atoms with Crippen LogP contribution in [0.5, 0.6) is 5.75 Å². The first-order valence-electron chi connectivity index (χ1n) is 9.59. The average molecular weight is 400 g/mol. The third-order valence-corrected chi connectivity index (χ3v) is 5.43. The Hall–Kier alpha value is -3.09. The second-order valence-electron chi connectivity index (χ2n) is 7.14. The van der Waals surface area contributed by atoms with Crippen molar-refractivity contribution in [2.45, 2.75) is 37.5 Å². The van der Waals surface area contributed by atoms with Gasteiger partial charge in [-0.25, -0.2) is 9.18 Å². The molecule has 1 saturated carbocycles. The molecule has 2 aromatic rings. The van der Waals surface area contributed by atoms with E-state index in [-0.39, 0.29) is 11.6 Å². The van der Waals surface area contributed by atoms with Crippen LogP contribution < -0.4 is 15.4 Å². The first kappa shape index (κ1) is 20.6. The van der Waals surface area contributed by atoms with Gasteiger partial charge in [-0.2, -0.15) is 0 Å². The topological polar surface area (TPSA) is 76.7 Å². The number of carbonyl (C=O) groups excluding carboxylic acids is 2. The molecule has 0 saturated heterocycles. The van der Waals surface area contributed by atoms with Crippen LogP contribution in [0.3, 0.4) is 0 Å². The van der Waals surface area contributed by atoms with Crippen LogP contribution >= 0.6 is 0 Å². The van der Waals surface area contributed by atoms with Gasteiger partial charge in [0.05, 0.1) is 25.3 Å². The summed E-state index contributed by atoms with van der Waals surface area (Å²) >= 11 is 0. The molecule has 2 aromatic carbocycles. The Morgan fingerprint density at radius 3 is 2.28 bits per heavy atom. The average Bonchev–Trinajstić information content (AvgIpc) is 2.76. The summed E-state index contributed by atoms with van der Waals surface area (Å²) in [5.74, 6) is -0.0221. The van der Waals surface area contributed by atoms with Gasteiger partial charge in [0, 0.05) is 5.69 Å². The third kappa shape index (κ3) is 4.50. The maximum atomic E-state index is 14.0. The number of anilines is 2. The Kier molecular flexibility index (Phi) is 6.36. The van der Waals surface area contributed by atoms with E-state index in [1.165, 1.54) is 25.3 Å². The molecule has 154 valence electrons. The van der Waals surface area contributed by atoms with Gasteiger partial charge in [-0.1, -0.05) is 31.4 Å². The first-order chi connectivity index (χ1) is 14.0. The highest BCUT2D eigenvalue weighted by Crippen LogP contribution is 2.41. The lowest BCUT2D eigenvalue weighted by molar-refractivity contribution is -0.122. The fourth-order valence-electron chi connectivity index (χ4n) is 3.82. The molecule has 2 N–H and O–H groups in total. The Bertz CT molecular complexity index is 877. The molecule has 29 heavy (non-hydrogen) atoms. The van der Waals surface area contributed by atoms with Crippen LogP contribution in [0.1, 0.15) is 37.7 Å². The largest absolute Gasteiger partial charge is 0.497 e. The van der Waals surface area contributed by atoms with E-state index in [4.69, 9.17) is 4.74 Å². The second-order valence-corrected chi connectivity index (χ2v) is 7.14. The van der Waals surface area contributed by atoms with Crippen molar-refractivity contribution in [1.29, 1.82) is 0 Å². The van der Waals surface area contributed by atoms with Crippen molar-refractivity contribution < 1.29 is 23.5 Å². The van der Waals surface area contributed by atoms with E-state index in [0.29, 0.717) is 5.69 Å². The summed E-state index contributed by atoms with van der Waals surface area (Å²) in [5.41, 5.74) is 0.623. The maximum absolute atomic E-state index is 14.0. The number of rotatable bonds is 5. The Labute approximate surface area is 169 Å². The zero-order chi connectivity index (χ0) is 20.9. The van der Waals surface area contributed by atoms with Crippen LogP contribution in [0.4, 0.5) is 20.6 Å². The molecule has 1 aliphatic carbocycles. The number of methoxy groups -OCH3 is 2. The Balaban J connectivity index is 1.87. The number of amides is 2. The molecule has 0 bridgehead atoms. The molecule has 6 nitrogen and oxygen atoms in total. The summed E-state index contributed by atoms with van der Waals surface area (Å²) in [5, 5.41) is 5.22. The van der Waals surface area contributed by atoms with Gasteiger partial charge >= 0.3 is 6.09 Å². The number of halogens is 1. The molecule has 0 aliphatic heterocycles. The SMILES string of the molecule is COC(=O)Nc1cc(NC(=O)C2(c3ccc(OC)cc3)CCCCC2)ccc1F. The summed E-state index contributed by atoms with van der Waals surface area (Å²) in [7, 11) is 2.80. The molecule has 1 fully saturated rings. The number of carbonyl (C=O) groups is 2. The van der Waals surface area contributed by atoms with Crippen LogP contribution in [-0.2, 0) is 14.9 Å². The molecule has 0 aromatic heterocycles. The van der Waals surface area contributed by atoms with Crippen molar-refractivity contribution in [3.8, 4) is 5.75 Å². The molecule has 0 unspecified atom stereocenters. The second kappa shape index (κ2) is 8.94. The van der Waals surface area contributed by atoms with Gasteiger partial charge in [-0.15, -0.1) is 0 Å². The molecule has 7 heteroatoms. The van der Waals surface area contributed by atoms with E-state index in [2.05, 4.69) is 15.4 Å². The van der Waals surface area contributed by atoms with Gasteiger partial charge in [0.15, 0.2) is 0 Å². The highest BCUT2D eigenvalue weighted by Gasteiger charge is 2.41. The van der Waals surface area contributed by atoms with Crippen LogP contribution in [0, 0.1) is 5.82 Å². The normalized spacial score (nSPS) is 15.3. The summed E-state index contributed by atoms with van der Waals surface area (Å²) < 4.78 is 23.7. The molecule has 0 spiro atoms. The van der Waals surface area contributed by atoms with E-state index >= 15 is 0 Å².